The Bertz CT molecular complexity index is 296. The van der Waals surface area contributed by atoms with E-state index >= 15 is 0 Å². The highest BCUT2D eigenvalue weighted by Gasteiger charge is 2.14. The molecule has 1 heterocycles. The summed E-state index contributed by atoms with van der Waals surface area (Å²) < 4.78 is 1.67. The zero-order valence-electron chi connectivity index (χ0n) is 6.55. The molecule has 0 unspecified atom stereocenters. The topological polar surface area (TPSA) is 34.9 Å². The van der Waals surface area contributed by atoms with E-state index in [1.165, 1.54) is 6.33 Å². The van der Waals surface area contributed by atoms with Crippen molar-refractivity contribution in [3.63, 3.8) is 0 Å². The van der Waals surface area contributed by atoms with Gasteiger partial charge in [0.1, 0.15) is 5.69 Å². The molecule has 66 valence electrons. The summed E-state index contributed by atoms with van der Waals surface area (Å²) in [4.78, 5) is 15.0. The summed E-state index contributed by atoms with van der Waals surface area (Å²) in [6.45, 7) is 2.57. The molecular formula is C7H8Cl2N2O. The van der Waals surface area contributed by atoms with Crippen molar-refractivity contribution < 1.29 is 4.79 Å². The van der Waals surface area contributed by atoms with Gasteiger partial charge in [-0.05, 0) is 6.92 Å². The maximum atomic E-state index is 11.2. The second-order valence-electron chi connectivity index (χ2n) is 2.23. The number of Topliss-reactive ketones (excluding diaryl/α,β-unsaturated/α-hetero) is 1. The van der Waals surface area contributed by atoms with E-state index in [0.29, 0.717) is 12.2 Å². The first-order chi connectivity index (χ1) is 5.70. The molecule has 0 aliphatic heterocycles. The van der Waals surface area contributed by atoms with Gasteiger partial charge in [-0.15, -0.1) is 11.6 Å². The Labute approximate surface area is 80.3 Å². The van der Waals surface area contributed by atoms with Crippen LogP contribution < -0.4 is 0 Å². The van der Waals surface area contributed by atoms with Crippen LogP contribution in [-0.2, 0) is 6.54 Å². The van der Waals surface area contributed by atoms with Gasteiger partial charge in [-0.2, -0.15) is 0 Å². The molecule has 5 heteroatoms. The number of carbonyl (C=O) groups is 1. The lowest BCUT2D eigenvalue weighted by molar-refractivity contribution is 0.101. The second-order valence-corrected chi connectivity index (χ2v) is 2.85. The van der Waals surface area contributed by atoms with Crippen molar-refractivity contribution >= 4 is 29.0 Å². The molecule has 12 heavy (non-hydrogen) atoms. The van der Waals surface area contributed by atoms with E-state index in [9.17, 15) is 4.79 Å². The molecule has 0 aromatic carbocycles. The van der Waals surface area contributed by atoms with Crippen molar-refractivity contribution in [1.82, 2.24) is 9.55 Å². The van der Waals surface area contributed by atoms with Gasteiger partial charge in [0.2, 0.25) is 0 Å². The minimum Gasteiger partial charge on any atom is -0.327 e. The smallest absolute Gasteiger partial charge is 0.197 e. The molecule has 0 radical (unpaired) electrons. The number of halogens is 2. The lowest BCUT2D eigenvalue weighted by atomic mass is 10.3. The molecule has 0 spiro atoms. The molecule has 0 fully saturated rings. The van der Waals surface area contributed by atoms with Crippen LogP contribution in [-0.4, -0.2) is 21.2 Å². The van der Waals surface area contributed by atoms with Crippen molar-refractivity contribution in [1.29, 1.82) is 0 Å². The minimum absolute atomic E-state index is 0.0641. The molecule has 0 N–H and O–H groups in total. The zero-order chi connectivity index (χ0) is 9.14. The monoisotopic (exact) mass is 206 g/mol. The van der Waals surface area contributed by atoms with Gasteiger partial charge in [0.05, 0.1) is 12.2 Å². The van der Waals surface area contributed by atoms with Crippen LogP contribution in [0.2, 0.25) is 5.15 Å². The SMILES string of the molecule is CCn1cnc(Cl)c1C(=O)CCl. The molecule has 3 nitrogen and oxygen atoms in total. The highest BCUT2D eigenvalue weighted by atomic mass is 35.5. The van der Waals surface area contributed by atoms with E-state index in [0.717, 1.165) is 0 Å². The van der Waals surface area contributed by atoms with Crippen molar-refractivity contribution in [2.24, 2.45) is 0 Å². The Balaban J connectivity index is 3.10. The maximum Gasteiger partial charge on any atom is 0.197 e. The van der Waals surface area contributed by atoms with Crippen LogP contribution in [0.25, 0.3) is 0 Å². The van der Waals surface area contributed by atoms with Crippen LogP contribution in [0.1, 0.15) is 17.4 Å². The predicted octanol–water partition coefficient (Wildman–Crippen LogP) is 1.98. The van der Waals surface area contributed by atoms with Gasteiger partial charge in [-0.25, -0.2) is 4.98 Å². The largest absolute Gasteiger partial charge is 0.327 e. The first-order valence-corrected chi connectivity index (χ1v) is 4.41. The molecule has 0 aliphatic carbocycles. The number of aromatic nitrogens is 2. The number of ketones is 1. The number of carbonyl (C=O) groups excluding carboxylic acids is 1. The summed E-state index contributed by atoms with van der Waals surface area (Å²) in [5.74, 6) is -0.258. The van der Waals surface area contributed by atoms with E-state index in [1.807, 2.05) is 6.92 Å². The first kappa shape index (κ1) is 9.55. The third-order valence-corrected chi connectivity index (χ3v) is 2.04. The third kappa shape index (κ3) is 1.62. The number of alkyl halides is 1. The average Bonchev–Trinajstić information content (AvgIpc) is 2.45. The molecule has 1 rings (SSSR count). The fourth-order valence-electron chi connectivity index (χ4n) is 0.936. The number of aryl methyl sites for hydroxylation is 1. The van der Waals surface area contributed by atoms with Gasteiger partial charge in [0.25, 0.3) is 0 Å². The first-order valence-electron chi connectivity index (χ1n) is 3.50. The lowest BCUT2D eigenvalue weighted by Crippen LogP contribution is -2.08. The zero-order valence-corrected chi connectivity index (χ0v) is 8.06. The molecule has 0 saturated carbocycles. The molecule has 1 aromatic heterocycles. The number of nitrogens with zero attached hydrogens (tertiary/aromatic N) is 2. The molecule has 0 bridgehead atoms. The van der Waals surface area contributed by atoms with E-state index in [-0.39, 0.29) is 16.8 Å². The van der Waals surface area contributed by atoms with Crippen LogP contribution in [0.5, 0.6) is 0 Å². The van der Waals surface area contributed by atoms with Crippen molar-refractivity contribution in [2.75, 3.05) is 5.88 Å². The van der Waals surface area contributed by atoms with Crippen LogP contribution in [0.3, 0.4) is 0 Å². The Morgan fingerprint density at radius 2 is 2.42 bits per heavy atom. The number of imidazole rings is 1. The van der Waals surface area contributed by atoms with Gasteiger partial charge in [0, 0.05) is 6.54 Å². The maximum absolute atomic E-state index is 11.2. The summed E-state index contributed by atoms with van der Waals surface area (Å²) >= 11 is 11.1. The Morgan fingerprint density at radius 3 is 2.92 bits per heavy atom. The van der Waals surface area contributed by atoms with Crippen LogP contribution in [0.4, 0.5) is 0 Å². The van der Waals surface area contributed by atoms with Gasteiger partial charge < -0.3 is 4.57 Å². The Kier molecular flexibility index (Phi) is 3.12. The van der Waals surface area contributed by atoms with E-state index in [1.54, 1.807) is 4.57 Å². The number of hydrogen-bond acceptors (Lipinski definition) is 2. The Hall–Kier alpha value is -0.540. The van der Waals surface area contributed by atoms with E-state index in [2.05, 4.69) is 4.98 Å². The molecular weight excluding hydrogens is 199 g/mol. The van der Waals surface area contributed by atoms with Crippen molar-refractivity contribution in [2.45, 2.75) is 13.5 Å². The highest BCUT2D eigenvalue weighted by molar-refractivity contribution is 6.36. The fourth-order valence-corrected chi connectivity index (χ4v) is 1.32. The highest BCUT2D eigenvalue weighted by Crippen LogP contribution is 2.14. The molecule has 0 atom stereocenters. The normalized spacial score (nSPS) is 10.2. The summed E-state index contributed by atoms with van der Waals surface area (Å²) in [5.41, 5.74) is 0.397. The number of hydrogen-bond donors (Lipinski definition) is 0. The molecule has 0 amide bonds. The van der Waals surface area contributed by atoms with Crippen molar-refractivity contribution in [3.8, 4) is 0 Å². The number of rotatable bonds is 3. The molecule has 1 aromatic rings. The summed E-state index contributed by atoms with van der Waals surface area (Å²) in [6, 6.07) is 0. The summed E-state index contributed by atoms with van der Waals surface area (Å²) in [7, 11) is 0. The Morgan fingerprint density at radius 1 is 1.75 bits per heavy atom. The molecule has 0 saturated heterocycles. The van der Waals surface area contributed by atoms with Gasteiger partial charge >= 0.3 is 0 Å². The van der Waals surface area contributed by atoms with Gasteiger partial charge in [-0.1, -0.05) is 11.6 Å². The van der Waals surface area contributed by atoms with Gasteiger partial charge in [-0.3, -0.25) is 4.79 Å². The van der Waals surface area contributed by atoms with Crippen LogP contribution in [0, 0.1) is 0 Å². The van der Waals surface area contributed by atoms with Crippen molar-refractivity contribution in [3.05, 3.63) is 17.2 Å². The van der Waals surface area contributed by atoms with Gasteiger partial charge in [0.15, 0.2) is 10.9 Å². The predicted molar refractivity (Wildman–Crippen MR) is 48.0 cm³/mol. The summed E-state index contributed by atoms with van der Waals surface area (Å²) in [6.07, 6.45) is 1.53. The summed E-state index contributed by atoms with van der Waals surface area (Å²) in [5, 5.41) is 0.225. The average molecular weight is 207 g/mol. The quantitative estimate of drug-likeness (QED) is 0.561. The van der Waals surface area contributed by atoms with E-state index < -0.39 is 0 Å². The van der Waals surface area contributed by atoms with Crippen LogP contribution in [0.15, 0.2) is 6.33 Å². The fraction of sp³-hybridized carbons (Fsp3) is 0.429. The standard InChI is InChI=1S/C7H8Cl2N2O/c1-2-11-4-10-7(9)6(11)5(12)3-8/h4H,2-3H2,1H3. The second kappa shape index (κ2) is 3.92. The van der Waals surface area contributed by atoms with Crippen LogP contribution >= 0.6 is 23.2 Å². The third-order valence-electron chi connectivity index (χ3n) is 1.52. The minimum atomic E-state index is -0.194. The van der Waals surface area contributed by atoms with E-state index in [4.69, 9.17) is 23.2 Å². The lowest BCUT2D eigenvalue weighted by Gasteiger charge is -2.01. The molecule has 0 aliphatic rings.